The summed E-state index contributed by atoms with van der Waals surface area (Å²) in [5, 5.41) is 17.7. The van der Waals surface area contributed by atoms with Gasteiger partial charge in [-0.25, -0.2) is 17.5 Å². The number of hydrogen-bond acceptors (Lipinski definition) is 7. The van der Waals surface area contributed by atoms with Gasteiger partial charge in [0.05, 0.1) is 42.1 Å². The van der Waals surface area contributed by atoms with Gasteiger partial charge in [0.15, 0.2) is 0 Å². The molecule has 1 aromatic carbocycles. The summed E-state index contributed by atoms with van der Waals surface area (Å²) >= 11 is 0. The van der Waals surface area contributed by atoms with Crippen molar-refractivity contribution in [3.8, 4) is 0 Å². The molecule has 0 spiro atoms. The summed E-state index contributed by atoms with van der Waals surface area (Å²) in [6.45, 7) is 4.37. The molecule has 1 N–H and O–H groups in total. The van der Waals surface area contributed by atoms with Gasteiger partial charge in [0, 0.05) is 39.0 Å². The number of hydrogen-bond donors (Lipinski definition) is 1. The minimum Gasteiger partial charge on any atom is -0.394 e. The lowest BCUT2D eigenvalue weighted by Gasteiger charge is -2.35. The molecule has 2 heterocycles. The Labute approximate surface area is 199 Å². The number of sulfonamides is 1. The van der Waals surface area contributed by atoms with Crippen LogP contribution in [0.5, 0.6) is 0 Å². The molecule has 3 rings (SSSR count). The molecule has 0 unspecified atom stereocenters. The standard InChI is InChI=1S/C22H32FN5O5S/c1-16-12-27(17(2)14-29)22(30)8-5-9-28-19(11-24-25-28)15-33-21(16)13-26(3)34(31,32)20-7-4-6-18(23)10-20/h4,6-7,10-11,16-17,21,29H,5,8-9,12-15H2,1-3H3/t16-,17+,21-/m1/s1. The molecule has 3 atom stereocenters. The van der Waals surface area contributed by atoms with E-state index in [1.807, 2.05) is 6.92 Å². The number of rotatable bonds is 6. The van der Waals surface area contributed by atoms with Gasteiger partial charge in [0.2, 0.25) is 15.9 Å². The Morgan fingerprint density at radius 1 is 1.38 bits per heavy atom. The molecule has 1 amide bonds. The molecule has 0 bridgehead atoms. The Kier molecular flexibility index (Phi) is 8.74. The first kappa shape index (κ1) is 26.2. The van der Waals surface area contributed by atoms with Crippen molar-refractivity contribution in [3.63, 3.8) is 0 Å². The predicted molar refractivity (Wildman–Crippen MR) is 121 cm³/mol. The molecule has 0 radical (unpaired) electrons. The molecule has 10 nitrogen and oxygen atoms in total. The lowest BCUT2D eigenvalue weighted by atomic mass is 10.0. The summed E-state index contributed by atoms with van der Waals surface area (Å²) in [6, 6.07) is 4.45. The zero-order valence-electron chi connectivity index (χ0n) is 19.7. The average molecular weight is 498 g/mol. The Bertz CT molecular complexity index is 1080. The summed E-state index contributed by atoms with van der Waals surface area (Å²) in [6.07, 6.45) is 1.84. The highest BCUT2D eigenvalue weighted by Crippen LogP contribution is 2.21. The molecular weight excluding hydrogens is 465 g/mol. The van der Waals surface area contributed by atoms with E-state index in [1.165, 1.54) is 25.2 Å². The SMILES string of the molecule is C[C@@H]1CN([C@@H](C)CO)C(=O)CCCn2nncc2CO[C@@H]1CN(C)S(=O)(=O)c1cccc(F)c1. The van der Waals surface area contributed by atoms with E-state index in [0.717, 1.165) is 16.1 Å². The van der Waals surface area contributed by atoms with Crippen LogP contribution in [0.4, 0.5) is 4.39 Å². The highest BCUT2D eigenvalue weighted by molar-refractivity contribution is 7.89. The molecule has 1 aliphatic heterocycles. The number of likely N-dealkylation sites (N-methyl/N-ethyl adjacent to an activating group) is 1. The highest BCUT2D eigenvalue weighted by atomic mass is 32.2. The van der Waals surface area contributed by atoms with Crippen molar-refractivity contribution < 1.29 is 27.4 Å². The van der Waals surface area contributed by atoms with Crippen LogP contribution < -0.4 is 0 Å². The maximum Gasteiger partial charge on any atom is 0.243 e. The molecule has 1 aromatic heterocycles. The van der Waals surface area contributed by atoms with Crippen LogP contribution in [0, 0.1) is 11.7 Å². The number of benzene rings is 1. The smallest absolute Gasteiger partial charge is 0.243 e. The summed E-state index contributed by atoms with van der Waals surface area (Å²) in [5.41, 5.74) is 0.724. The molecule has 2 aromatic rings. The van der Waals surface area contributed by atoms with Crippen LogP contribution in [0.15, 0.2) is 35.4 Å². The third-order valence-electron chi connectivity index (χ3n) is 6.08. The first-order valence-corrected chi connectivity index (χ1v) is 12.7. The fraction of sp³-hybridized carbons (Fsp3) is 0.591. The number of ether oxygens (including phenoxy) is 1. The second-order valence-corrected chi connectivity index (χ2v) is 10.7. The third kappa shape index (κ3) is 6.17. The monoisotopic (exact) mass is 497 g/mol. The molecule has 0 saturated heterocycles. The zero-order valence-corrected chi connectivity index (χ0v) is 20.5. The lowest BCUT2D eigenvalue weighted by molar-refractivity contribution is -0.136. The number of nitrogens with zero attached hydrogens (tertiary/aromatic N) is 5. The molecule has 0 aliphatic carbocycles. The van der Waals surface area contributed by atoms with Crippen molar-refractivity contribution in [1.29, 1.82) is 0 Å². The van der Waals surface area contributed by atoms with E-state index in [0.29, 0.717) is 13.0 Å². The van der Waals surface area contributed by atoms with E-state index in [9.17, 15) is 22.7 Å². The Balaban J connectivity index is 1.87. The van der Waals surface area contributed by atoms with Crippen LogP contribution in [-0.2, 0) is 32.7 Å². The van der Waals surface area contributed by atoms with Gasteiger partial charge in [0.1, 0.15) is 5.82 Å². The van der Waals surface area contributed by atoms with Crippen molar-refractivity contribution in [2.24, 2.45) is 5.92 Å². The second-order valence-electron chi connectivity index (χ2n) is 8.70. The van der Waals surface area contributed by atoms with Crippen molar-refractivity contribution in [2.75, 3.05) is 26.7 Å². The molecule has 34 heavy (non-hydrogen) atoms. The number of carbonyl (C=O) groups excluding carboxylic acids is 1. The normalized spacial score (nSPS) is 21.6. The first-order valence-electron chi connectivity index (χ1n) is 11.2. The number of aromatic nitrogens is 3. The van der Waals surface area contributed by atoms with Crippen LogP contribution in [0.3, 0.4) is 0 Å². The van der Waals surface area contributed by atoms with Crippen molar-refractivity contribution >= 4 is 15.9 Å². The number of amides is 1. The third-order valence-corrected chi connectivity index (χ3v) is 7.90. The van der Waals surface area contributed by atoms with E-state index in [-0.39, 0.29) is 49.4 Å². The Morgan fingerprint density at radius 2 is 2.15 bits per heavy atom. The number of carbonyl (C=O) groups is 1. The zero-order chi connectivity index (χ0) is 24.9. The second kappa shape index (κ2) is 11.3. The van der Waals surface area contributed by atoms with Gasteiger partial charge in [-0.2, -0.15) is 4.31 Å². The maximum atomic E-state index is 13.7. The average Bonchev–Trinajstić information content (AvgIpc) is 3.25. The van der Waals surface area contributed by atoms with E-state index in [4.69, 9.17) is 4.74 Å². The van der Waals surface area contributed by atoms with Crippen LogP contribution in [0.25, 0.3) is 0 Å². The molecular formula is C22H32FN5O5S. The maximum absolute atomic E-state index is 13.7. The van der Waals surface area contributed by atoms with E-state index >= 15 is 0 Å². The van der Waals surface area contributed by atoms with Gasteiger partial charge in [0.25, 0.3) is 0 Å². The van der Waals surface area contributed by atoms with Crippen molar-refractivity contribution in [2.45, 2.75) is 56.9 Å². The van der Waals surface area contributed by atoms with Gasteiger partial charge >= 0.3 is 0 Å². The fourth-order valence-corrected chi connectivity index (χ4v) is 5.12. The van der Waals surface area contributed by atoms with Gasteiger partial charge < -0.3 is 14.7 Å². The van der Waals surface area contributed by atoms with Crippen LogP contribution in [-0.4, -0.2) is 82.5 Å². The predicted octanol–water partition coefficient (Wildman–Crippen LogP) is 1.26. The van der Waals surface area contributed by atoms with Gasteiger partial charge in [-0.1, -0.05) is 18.2 Å². The lowest BCUT2D eigenvalue weighted by Crippen LogP contribution is -2.47. The number of halogens is 1. The minimum atomic E-state index is -3.97. The van der Waals surface area contributed by atoms with Gasteiger partial charge in [-0.3, -0.25) is 4.79 Å². The number of aliphatic hydroxyl groups is 1. The van der Waals surface area contributed by atoms with E-state index < -0.39 is 28.0 Å². The Morgan fingerprint density at radius 3 is 2.85 bits per heavy atom. The quantitative estimate of drug-likeness (QED) is 0.638. The highest BCUT2D eigenvalue weighted by Gasteiger charge is 2.31. The molecule has 0 saturated carbocycles. The minimum absolute atomic E-state index is 0.0168. The van der Waals surface area contributed by atoms with E-state index in [2.05, 4.69) is 10.3 Å². The van der Waals surface area contributed by atoms with Crippen LogP contribution >= 0.6 is 0 Å². The number of aliphatic hydroxyl groups excluding tert-OH is 1. The summed E-state index contributed by atoms with van der Waals surface area (Å²) in [7, 11) is -2.55. The van der Waals surface area contributed by atoms with E-state index in [1.54, 1.807) is 22.7 Å². The van der Waals surface area contributed by atoms with Crippen molar-refractivity contribution in [1.82, 2.24) is 24.2 Å². The summed E-state index contributed by atoms with van der Waals surface area (Å²) in [5.74, 6) is -1.01. The number of aryl methyl sites for hydroxylation is 1. The first-order chi connectivity index (χ1) is 16.1. The molecule has 12 heteroatoms. The van der Waals surface area contributed by atoms with Crippen molar-refractivity contribution in [3.05, 3.63) is 42.0 Å². The molecule has 0 fully saturated rings. The summed E-state index contributed by atoms with van der Waals surface area (Å²) < 4.78 is 48.7. The Hall–Kier alpha value is -2.41. The molecule has 188 valence electrons. The topological polar surface area (TPSA) is 118 Å². The van der Waals surface area contributed by atoms with Gasteiger partial charge in [-0.15, -0.1) is 5.10 Å². The fourth-order valence-electron chi connectivity index (χ4n) is 3.90. The summed E-state index contributed by atoms with van der Waals surface area (Å²) in [4.78, 5) is 14.4. The van der Waals surface area contributed by atoms with Gasteiger partial charge in [-0.05, 0) is 31.5 Å². The van der Waals surface area contributed by atoms with Crippen LogP contribution in [0.1, 0.15) is 32.4 Å². The number of fused-ring (bicyclic) bond motifs is 1. The largest absolute Gasteiger partial charge is 0.394 e. The molecule has 1 aliphatic rings. The van der Waals surface area contributed by atoms with Crippen LogP contribution in [0.2, 0.25) is 0 Å².